The average molecular weight is 342 g/mol. The van der Waals surface area contributed by atoms with E-state index in [2.05, 4.69) is 10.3 Å². The Balaban J connectivity index is 1.65. The summed E-state index contributed by atoms with van der Waals surface area (Å²) in [5.74, 6) is 0.112. The lowest BCUT2D eigenvalue weighted by Gasteiger charge is -2.17. The van der Waals surface area contributed by atoms with Gasteiger partial charge in [0.15, 0.2) is 5.75 Å². The van der Waals surface area contributed by atoms with Gasteiger partial charge >= 0.3 is 5.69 Å². The van der Waals surface area contributed by atoms with Gasteiger partial charge in [0.1, 0.15) is 5.69 Å². The molecule has 8 heteroatoms. The molecule has 0 spiro atoms. The number of pyridine rings is 1. The van der Waals surface area contributed by atoms with Crippen LogP contribution in [0, 0.1) is 10.1 Å². The summed E-state index contributed by atoms with van der Waals surface area (Å²) < 4.78 is 5.07. The van der Waals surface area contributed by atoms with Crippen LogP contribution in [0.4, 0.5) is 11.4 Å². The van der Waals surface area contributed by atoms with E-state index in [4.69, 9.17) is 4.74 Å². The first-order valence-electron chi connectivity index (χ1n) is 7.88. The van der Waals surface area contributed by atoms with Gasteiger partial charge in [-0.25, -0.2) is 0 Å². The molecule has 0 aliphatic carbocycles. The normalized spacial score (nSPS) is 16.5. The number of rotatable bonds is 5. The predicted octanol–water partition coefficient (Wildman–Crippen LogP) is 2.33. The van der Waals surface area contributed by atoms with Crippen LogP contribution in [0.2, 0.25) is 0 Å². The van der Waals surface area contributed by atoms with Crippen molar-refractivity contribution in [2.24, 2.45) is 0 Å². The molecule has 8 nitrogen and oxygen atoms in total. The number of carbonyl (C=O) groups is 1. The molecule has 1 aromatic heterocycles. The number of likely N-dealkylation sites (tertiary alicyclic amines) is 1. The van der Waals surface area contributed by atoms with Gasteiger partial charge in [-0.3, -0.25) is 19.9 Å². The highest BCUT2D eigenvalue weighted by atomic mass is 16.6. The minimum atomic E-state index is -0.481. The Kier molecular flexibility index (Phi) is 4.78. The first-order valence-corrected chi connectivity index (χ1v) is 7.88. The van der Waals surface area contributed by atoms with E-state index in [1.807, 2.05) is 0 Å². The van der Waals surface area contributed by atoms with Gasteiger partial charge in [0.05, 0.1) is 12.0 Å². The van der Waals surface area contributed by atoms with Crippen LogP contribution < -0.4 is 10.1 Å². The van der Waals surface area contributed by atoms with Crippen molar-refractivity contribution in [1.29, 1.82) is 0 Å². The second-order valence-electron chi connectivity index (χ2n) is 5.74. The molecule has 1 aliphatic rings. The summed E-state index contributed by atoms with van der Waals surface area (Å²) in [6.45, 7) is 1.19. The zero-order valence-electron chi connectivity index (χ0n) is 13.7. The van der Waals surface area contributed by atoms with Gasteiger partial charge in [-0.1, -0.05) is 6.07 Å². The van der Waals surface area contributed by atoms with Crippen LogP contribution in [0.1, 0.15) is 16.9 Å². The van der Waals surface area contributed by atoms with E-state index in [9.17, 15) is 14.9 Å². The Hall–Kier alpha value is -3.16. The maximum atomic E-state index is 12.4. The van der Waals surface area contributed by atoms with E-state index in [1.54, 1.807) is 41.4 Å². The lowest BCUT2D eigenvalue weighted by atomic mass is 10.2. The summed E-state index contributed by atoms with van der Waals surface area (Å²) in [5.41, 5.74) is 1.08. The van der Waals surface area contributed by atoms with Crippen LogP contribution in [-0.4, -0.2) is 47.0 Å². The summed E-state index contributed by atoms with van der Waals surface area (Å²) in [5, 5.41) is 14.2. The topological polar surface area (TPSA) is 97.6 Å². The number of nitro benzene ring substituents is 1. The molecule has 1 atom stereocenters. The van der Waals surface area contributed by atoms with Gasteiger partial charge in [0, 0.05) is 43.1 Å². The monoisotopic (exact) mass is 342 g/mol. The fourth-order valence-electron chi connectivity index (χ4n) is 2.87. The zero-order chi connectivity index (χ0) is 17.8. The molecule has 1 aliphatic heterocycles. The van der Waals surface area contributed by atoms with Gasteiger partial charge in [-0.05, 0) is 24.6 Å². The van der Waals surface area contributed by atoms with Crippen molar-refractivity contribution >= 4 is 17.3 Å². The highest BCUT2D eigenvalue weighted by molar-refractivity contribution is 5.92. The molecule has 1 aromatic carbocycles. The SMILES string of the molecule is COc1cc(NC2CCN(C(=O)c3ccccn3)C2)ccc1[N+](=O)[O-]. The third-order valence-corrected chi connectivity index (χ3v) is 4.11. The van der Waals surface area contributed by atoms with Gasteiger partial charge < -0.3 is 15.0 Å². The Morgan fingerprint density at radius 1 is 1.40 bits per heavy atom. The second kappa shape index (κ2) is 7.16. The molecule has 130 valence electrons. The van der Waals surface area contributed by atoms with Crippen LogP contribution in [0.3, 0.4) is 0 Å². The number of hydrogen-bond acceptors (Lipinski definition) is 6. The van der Waals surface area contributed by atoms with E-state index >= 15 is 0 Å². The van der Waals surface area contributed by atoms with Crippen molar-refractivity contribution in [3.63, 3.8) is 0 Å². The Bertz CT molecular complexity index is 781. The summed E-state index contributed by atoms with van der Waals surface area (Å²) in [6.07, 6.45) is 2.39. The first-order chi connectivity index (χ1) is 12.1. The number of nitro groups is 1. The zero-order valence-corrected chi connectivity index (χ0v) is 13.7. The first kappa shape index (κ1) is 16.7. The maximum absolute atomic E-state index is 12.4. The number of methoxy groups -OCH3 is 1. The largest absolute Gasteiger partial charge is 0.490 e. The number of carbonyl (C=O) groups excluding carboxylic acids is 1. The lowest BCUT2D eigenvalue weighted by Crippen LogP contribution is -2.32. The lowest BCUT2D eigenvalue weighted by molar-refractivity contribution is -0.385. The molecule has 25 heavy (non-hydrogen) atoms. The fourth-order valence-corrected chi connectivity index (χ4v) is 2.87. The molecular formula is C17H18N4O4. The highest BCUT2D eigenvalue weighted by Gasteiger charge is 2.27. The van der Waals surface area contributed by atoms with Gasteiger partial charge in [-0.2, -0.15) is 0 Å². The summed E-state index contributed by atoms with van der Waals surface area (Å²) in [6, 6.07) is 9.98. The molecule has 1 saturated heterocycles. The average Bonchev–Trinajstić information content (AvgIpc) is 3.10. The van der Waals surface area contributed by atoms with Crippen molar-refractivity contribution in [3.8, 4) is 5.75 Å². The van der Waals surface area contributed by atoms with Gasteiger partial charge in [0.2, 0.25) is 0 Å². The number of anilines is 1. The third kappa shape index (κ3) is 3.68. The van der Waals surface area contributed by atoms with Crippen LogP contribution in [0.25, 0.3) is 0 Å². The third-order valence-electron chi connectivity index (χ3n) is 4.11. The van der Waals surface area contributed by atoms with E-state index in [0.717, 1.165) is 12.1 Å². The molecule has 2 heterocycles. The number of hydrogen-bond donors (Lipinski definition) is 1. The van der Waals surface area contributed by atoms with Crippen molar-refractivity contribution in [2.75, 3.05) is 25.5 Å². The Morgan fingerprint density at radius 2 is 2.24 bits per heavy atom. The summed E-state index contributed by atoms with van der Waals surface area (Å²) in [7, 11) is 1.40. The number of nitrogens with zero attached hydrogens (tertiary/aromatic N) is 3. The number of ether oxygens (including phenoxy) is 1. The van der Waals surface area contributed by atoms with Crippen LogP contribution in [0.5, 0.6) is 5.75 Å². The smallest absolute Gasteiger partial charge is 0.311 e. The maximum Gasteiger partial charge on any atom is 0.311 e. The second-order valence-corrected chi connectivity index (χ2v) is 5.74. The van der Waals surface area contributed by atoms with E-state index in [0.29, 0.717) is 18.8 Å². The van der Waals surface area contributed by atoms with Crippen molar-refractivity contribution in [3.05, 3.63) is 58.4 Å². The quantitative estimate of drug-likeness (QED) is 0.661. The fraction of sp³-hybridized carbons (Fsp3) is 0.294. The van der Waals surface area contributed by atoms with Gasteiger partial charge in [-0.15, -0.1) is 0 Å². The molecule has 2 aromatic rings. The molecule has 0 bridgehead atoms. The van der Waals surface area contributed by atoms with E-state index in [1.165, 1.54) is 13.2 Å². The van der Waals surface area contributed by atoms with Crippen molar-refractivity contribution in [1.82, 2.24) is 9.88 Å². The van der Waals surface area contributed by atoms with Crippen LogP contribution in [-0.2, 0) is 0 Å². The Labute approximate surface area is 144 Å². The number of benzene rings is 1. The summed E-state index contributed by atoms with van der Waals surface area (Å²) >= 11 is 0. The molecular weight excluding hydrogens is 324 g/mol. The number of nitrogens with one attached hydrogen (secondary N) is 1. The van der Waals surface area contributed by atoms with Gasteiger partial charge in [0.25, 0.3) is 5.91 Å². The molecule has 0 radical (unpaired) electrons. The van der Waals surface area contributed by atoms with Crippen molar-refractivity contribution in [2.45, 2.75) is 12.5 Å². The minimum absolute atomic E-state index is 0.0684. The molecule has 0 saturated carbocycles. The van der Waals surface area contributed by atoms with Crippen molar-refractivity contribution < 1.29 is 14.5 Å². The van der Waals surface area contributed by atoms with E-state index < -0.39 is 4.92 Å². The molecule has 1 fully saturated rings. The Morgan fingerprint density at radius 3 is 2.92 bits per heavy atom. The molecule has 1 amide bonds. The number of aromatic nitrogens is 1. The standard InChI is InChI=1S/C17H18N4O4/c1-25-16-10-12(5-6-15(16)21(23)24)19-13-7-9-20(11-13)17(22)14-4-2-3-8-18-14/h2-6,8,10,13,19H,7,9,11H2,1H3. The van der Waals surface area contributed by atoms with Crippen LogP contribution in [0.15, 0.2) is 42.6 Å². The van der Waals surface area contributed by atoms with Crippen LogP contribution >= 0.6 is 0 Å². The molecule has 3 rings (SSSR count). The van der Waals surface area contributed by atoms with E-state index in [-0.39, 0.29) is 23.4 Å². The molecule has 1 N–H and O–H groups in total. The minimum Gasteiger partial charge on any atom is -0.490 e. The number of amides is 1. The predicted molar refractivity (Wildman–Crippen MR) is 91.8 cm³/mol. The molecule has 1 unspecified atom stereocenters. The highest BCUT2D eigenvalue weighted by Crippen LogP contribution is 2.30. The summed E-state index contributed by atoms with van der Waals surface area (Å²) in [4.78, 5) is 28.7.